The number of Topliss-reactive ketones (excluding diaryl/α,β-unsaturated/α-hetero) is 1. The van der Waals surface area contributed by atoms with Crippen LogP contribution in [0.5, 0.6) is 11.5 Å². The lowest BCUT2D eigenvalue weighted by atomic mass is 9.84. The molecule has 6 heteroatoms. The van der Waals surface area contributed by atoms with E-state index in [0.29, 0.717) is 11.5 Å². The molecule has 0 bridgehead atoms. The van der Waals surface area contributed by atoms with Gasteiger partial charge in [0.05, 0.1) is 12.0 Å². The number of nitro groups is 1. The normalized spacial score (nSPS) is 18.1. The molecule has 28 heavy (non-hydrogen) atoms. The number of nitro benzene ring substituents is 1. The minimum Gasteiger partial charge on any atom is -0.493 e. The number of hydrogen-bond acceptors (Lipinski definition) is 5. The first-order valence-electron chi connectivity index (χ1n) is 9.27. The van der Waals surface area contributed by atoms with Gasteiger partial charge in [-0.1, -0.05) is 13.0 Å². The van der Waals surface area contributed by atoms with Crippen LogP contribution in [0.3, 0.4) is 0 Å². The first-order valence-corrected chi connectivity index (χ1v) is 9.27. The van der Waals surface area contributed by atoms with Gasteiger partial charge in [-0.25, -0.2) is 0 Å². The van der Waals surface area contributed by atoms with E-state index < -0.39 is 4.92 Å². The third kappa shape index (κ3) is 4.57. The van der Waals surface area contributed by atoms with E-state index in [2.05, 4.69) is 0 Å². The van der Waals surface area contributed by atoms with Gasteiger partial charge in [0.15, 0.2) is 17.3 Å². The van der Waals surface area contributed by atoms with E-state index in [1.807, 2.05) is 31.2 Å². The number of ether oxygens (including phenoxy) is 2. The average Bonchev–Trinajstić information content (AvgIpc) is 2.70. The molecule has 6 nitrogen and oxygen atoms in total. The monoisotopic (exact) mass is 381 g/mol. The Labute approximate surface area is 163 Å². The predicted molar refractivity (Wildman–Crippen MR) is 106 cm³/mol. The number of carbonyl (C=O) groups is 1. The molecule has 0 amide bonds. The van der Waals surface area contributed by atoms with Crippen LogP contribution in [0.4, 0.5) is 5.69 Å². The van der Waals surface area contributed by atoms with Crippen molar-refractivity contribution in [3.05, 3.63) is 69.3 Å². The van der Waals surface area contributed by atoms with E-state index in [0.717, 1.165) is 36.0 Å². The maximum atomic E-state index is 12.3. The number of benzene rings is 2. The lowest BCUT2D eigenvalue weighted by Gasteiger charge is -2.19. The Hall–Kier alpha value is -3.15. The molecule has 0 saturated heterocycles. The van der Waals surface area contributed by atoms with Gasteiger partial charge in [0, 0.05) is 18.1 Å². The van der Waals surface area contributed by atoms with Gasteiger partial charge < -0.3 is 9.47 Å². The summed E-state index contributed by atoms with van der Waals surface area (Å²) in [5, 5.41) is 10.7. The molecule has 1 atom stereocenters. The lowest BCUT2D eigenvalue weighted by molar-refractivity contribution is -0.384. The quantitative estimate of drug-likeness (QED) is 0.402. The van der Waals surface area contributed by atoms with Gasteiger partial charge in [-0.15, -0.1) is 0 Å². The zero-order valence-corrected chi connectivity index (χ0v) is 16.0. The van der Waals surface area contributed by atoms with Crippen LogP contribution in [-0.4, -0.2) is 17.8 Å². The van der Waals surface area contributed by atoms with E-state index in [4.69, 9.17) is 9.47 Å². The van der Waals surface area contributed by atoms with E-state index in [-0.39, 0.29) is 24.0 Å². The molecule has 0 spiro atoms. The van der Waals surface area contributed by atoms with Crippen LogP contribution in [0.25, 0.3) is 6.08 Å². The van der Waals surface area contributed by atoms with Gasteiger partial charge in [-0.2, -0.15) is 0 Å². The van der Waals surface area contributed by atoms with Crippen molar-refractivity contribution in [1.82, 2.24) is 0 Å². The molecule has 3 rings (SSSR count). The third-order valence-electron chi connectivity index (χ3n) is 4.92. The van der Waals surface area contributed by atoms with Crippen molar-refractivity contribution >= 4 is 17.5 Å². The van der Waals surface area contributed by atoms with Gasteiger partial charge in [-0.3, -0.25) is 14.9 Å². The number of methoxy groups -OCH3 is 1. The summed E-state index contributed by atoms with van der Waals surface area (Å²) in [6, 6.07) is 11.8. The molecule has 146 valence electrons. The summed E-state index contributed by atoms with van der Waals surface area (Å²) in [5.41, 5.74) is 2.63. The largest absolute Gasteiger partial charge is 0.493 e. The maximum absolute atomic E-state index is 12.3. The number of ketones is 1. The second-order valence-corrected chi connectivity index (χ2v) is 6.95. The minimum absolute atomic E-state index is 0.0466. The number of hydrogen-bond donors (Lipinski definition) is 0. The summed E-state index contributed by atoms with van der Waals surface area (Å²) >= 11 is 0. The summed E-state index contributed by atoms with van der Waals surface area (Å²) in [7, 11) is 1.57. The van der Waals surface area contributed by atoms with Gasteiger partial charge >= 0.3 is 0 Å². The van der Waals surface area contributed by atoms with Crippen molar-refractivity contribution < 1.29 is 19.2 Å². The number of allylic oxidation sites excluding steroid dienone is 1. The van der Waals surface area contributed by atoms with Crippen LogP contribution in [0, 0.1) is 16.0 Å². The second-order valence-electron chi connectivity index (χ2n) is 6.95. The Morgan fingerprint density at radius 2 is 1.93 bits per heavy atom. The Morgan fingerprint density at radius 1 is 1.18 bits per heavy atom. The fourth-order valence-electron chi connectivity index (χ4n) is 3.28. The van der Waals surface area contributed by atoms with Crippen molar-refractivity contribution in [3.63, 3.8) is 0 Å². The molecule has 0 N–H and O–H groups in total. The molecule has 0 heterocycles. The first-order chi connectivity index (χ1) is 13.5. The van der Waals surface area contributed by atoms with Crippen molar-refractivity contribution in [2.24, 2.45) is 5.92 Å². The molecule has 1 aliphatic rings. The number of carbonyl (C=O) groups excluding carboxylic acids is 1. The highest BCUT2D eigenvalue weighted by Gasteiger charge is 2.22. The summed E-state index contributed by atoms with van der Waals surface area (Å²) in [6.45, 7) is 2.25. The SMILES string of the molecule is COc1cc(/C=C2\CCC[C@@H](C)C2=O)ccc1OCc1ccc([N+](=O)[O-])cc1. The van der Waals surface area contributed by atoms with Gasteiger partial charge in [-0.05, 0) is 66.3 Å². The maximum Gasteiger partial charge on any atom is 0.269 e. The van der Waals surface area contributed by atoms with Crippen molar-refractivity contribution in [1.29, 1.82) is 0 Å². The molecule has 1 aliphatic carbocycles. The number of rotatable bonds is 6. The predicted octanol–water partition coefficient (Wildman–Crippen LogP) is 4.95. The highest BCUT2D eigenvalue weighted by Crippen LogP contribution is 2.32. The zero-order chi connectivity index (χ0) is 20.1. The molecule has 0 unspecified atom stereocenters. The lowest BCUT2D eigenvalue weighted by Crippen LogP contribution is -2.18. The Morgan fingerprint density at radius 3 is 2.61 bits per heavy atom. The van der Waals surface area contributed by atoms with E-state index in [9.17, 15) is 14.9 Å². The summed E-state index contributed by atoms with van der Waals surface area (Å²) in [6.07, 6.45) is 4.73. The van der Waals surface area contributed by atoms with Crippen molar-refractivity contribution in [3.8, 4) is 11.5 Å². The Balaban J connectivity index is 1.72. The van der Waals surface area contributed by atoms with Crippen LogP contribution in [0.15, 0.2) is 48.0 Å². The highest BCUT2D eigenvalue weighted by molar-refractivity contribution is 6.01. The fraction of sp³-hybridized carbons (Fsp3) is 0.318. The number of non-ortho nitro benzene ring substituents is 1. The van der Waals surface area contributed by atoms with E-state index in [1.165, 1.54) is 12.1 Å². The molecule has 1 fully saturated rings. The molecular weight excluding hydrogens is 358 g/mol. The third-order valence-corrected chi connectivity index (χ3v) is 4.92. The summed E-state index contributed by atoms with van der Waals surface area (Å²) < 4.78 is 11.2. The second kappa shape index (κ2) is 8.69. The average molecular weight is 381 g/mol. The van der Waals surface area contributed by atoms with E-state index in [1.54, 1.807) is 19.2 Å². The highest BCUT2D eigenvalue weighted by atomic mass is 16.6. The molecule has 0 aromatic heterocycles. The van der Waals surface area contributed by atoms with Gasteiger partial charge in [0.1, 0.15) is 6.61 Å². The van der Waals surface area contributed by atoms with Crippen LogP contribution >= 0.6 is 0 Å². The molecule has 0 aliphatic heterocycles. The van der Waals surface area contributed by atoms with Crippen molar-refractivity contribution in [2.45, 2.75) is 32.8 Å². The standard InChI is InChI=1S/C22H23NO5/c1-15-4-3-5-18(22(15)24)12-17-8-11-20(21(13-17)27-2)28-14-16-6-9-19(10-7-16)23(25)26/h6-13,15H,3-5,14H2,1-2H3/b18-12+/t15-/m1/s1. The van der Waals surface area contributed by atoms with Crippen LogP contribution in [-0.2, 0) is 11.4 Å². The molecule has 1 saturated carbocycles. The first kappa shape index (κ1) is 19.6. The van der Waals surface area contributed by atoms with Gasteiger partial charge in [0.2, 0.25) is 0 Å². The Bertz CT molecular complexity index is 902. The summed E-state index contributed by atoms with van der Waals surface area (Å²) in [5.74, 6) is 1.47. The molecular formula is C22H23NO5. The Kier molecular flexibility index (Phi) is 6.09. The van der Waals surface area contributed by atoms with Crippen molar-refractivity contribution in [2.75, 3.05) is 7.11 Å². The topological polar surface area (TPSA) is 78.7 Å². The smallest absolute Gasteiger partial charge is 0.269 e. The van der Waals surface area contributed by atoms with Gasteiger partial charge in [0.25, 0.3) is 5.69 Å². The fourth-order valence-corrected chi connectivity index (χ4v) is 3.28. The number of nitrogens with zero attached hydrogens (tertiary/aromatic N) is 1. The molecule has 2 aromatic rings. The zero-order valence-electron chi connectivity index (χ0n) is 16.0. The van der Waals surface area contributed by atoms with Crippen LogP contribution in [0.1, 0.15) is 37.3 Å². The summed E-state index contributed by atoms with van der Waals surface area (Å²) in [4.78, 5) is 22.6. The minimum atomic E-state index is -0.432. The molecule has 0 radical (unpaired) electrons. The van der Waals surface area contributed by atoms with E-state index >= 15 is 0 Å². The van der Waals surface area contributed by atoms with Crippen LogP contribution in [0.2, 0.25) is 0 Å². The van der Waals surface area contributed by atoms with Crippen LogP contribution < -0.4 is 9.47 Å². The molecule has 2 aromatic carbocycles.